The topological polar surface area (TPSA) is 9.23 Å². The van der Waals surface area contributed by atoms with Gasteiger partial charge in [-0.1, -0.05) is 20.8 Å². The molecule has 0 unspecified atom stereocenters. The van der Waals surface area contributed by atoms with Crippen LogP contribution < -0.4 is 0 Å². The van der Waals surface area contributed by atoms with Crippen molar-refractivity contribution in [1.29, 1.82) is 0 Å². The van der Waals surface area contributed by atoms with E-state index in [2.05, 4.69) is 20.8 Å². The standard InChI is InChI=1S/C10H22OS/c1-10(2,3)6-5-8-12-9-7-11-4/h5-9H2,1-4H3. The van der Waals surface area contributed by atoms with Crippen molar-refractivity contribution in [3.63, 3.8) is 0 Å². The molecule has 0 amide bonds. The average molecular weight is 190 g/mol. The van der Waals surface area contributed by atoms with Gasteiger partial charge in [0.25, 0.3) is 0 Å². The molecule has 0 aliphatic heterocycles. The number of rotatable bonds is 6. The summed E-state index contributed by atoms with van der Waals surface area (Å²) in [6.45, 7) is 7.78. The van der Waals surface area contributed by atoms with Crippen LogP contribution in [0.1, 0.15) is 33.6 Å². The molecule has 74 valence electrons. The second kappa shape index (κ2) is 6.79. The molecule has 12 heavy (non-hydrogen) atoms. The highest BCUT2D eigenvalue weighted by Gasteiger charge is 2.08. The van der Waals surface area contributed by atoms with Crippen LogP contribution in [0.2, 0.25) is 0 Å². The van der Waals surface area contributed by atoms with Crippen molar-refractivity contribution < 1.29 is 4.74 Å². The van der Waals surface area contributed by atoms with E-state index in [4.69, 9.17) is 4.74 Å². The summed E-state index contributed by atoms with van der Waals surface area (Å²) in [7, 11) is 1.76. The third kappa shape index (κ3) is 10.3. The summed E-state index contributed by atoms with van der Waals surface area (Å²) in [5.74, 6) is 2.42. The van der Waals surface area contributed by atoms with Gasteiger partial charge in [-0.2, -0.15) is 11.8 Å². The van der Waals surface area contributed by atoms with Gasteiger partial charge in [-0.05, 0) is 24.0 Å². The fourth-order valence-electron chi connectivity index (χ4n) is 0.949. The first-order valence-corrected chi connectivity index (χ1v) is 5.78. The molecular weight excluding hydrogens is 168 g/mol. The number of hydrogen-bond donors (Lipinski definition) is 0. The fourth-order valence-corrected chi connectivity index (χ4v) is 1.79. The van der Waals surface area contributed by atoms with E-state index in [-0.39, 0.29) is 0 Å². The van der Waals surface area contributed by atoms with Crippen LogP contribution in [-0.4, -0.2) is 25.2 Å². The van der Waals surface area contributed by atoms with E-state index < -0.39 is 0 Å². The minimum absolute atomic E-state index is 0.502. The van der Waals surface area contributed by atoms with Gasteiger partial charge in [0.2, 0.25) is 0 Å². The Kier molecular flexibility index (Phi) is 6.96. The first-order valence-electron chi connectivity index (χ1n) is 4.63. The maximum absolute atomic E-state index is 4.97. The van der Waals surface area contributed by atoms with Gasteiger partial charge in [0.1, 0.15) is 0 Å². The van der Waals surface area contributed by atoms with Crippen LogP contribution in [0.4, 0.5) is 0 Å². The molecule has 0 aliphatic rings. The molecule has 0 aromatic rings. The number of hydrogen-bond acceptors (Lipinski definition) is 2. The van der Waals surface area contributed by atoms with Crippen molar-refractivity contribution in [1.82, 2.24) is 0 Å². The molecule has 0 heterocycles. The molecule has 0 aliphatic carbocycles. The second-order valence-electron chi connectivity index (χ2n) is 4.27. The molecule has 0 spiro atoms. The van der Waals surface area contributed by atoms with E-state index in [9.17, 15) is 0 Å². The third-order valence-corrected chi connectivity index (χ3v) is 2.68. The Morgan fingerprint density at radius 3 is 2.33 bits per heavy atom. The predicted molar refractivity (Wildman–Crippen MR) is 57.9 cm³/mol. The van der Waals surface area contributed by atoms with E-state index in [0.717, 1.165) is 12.4 Å². The highest BCUT2D eigenvalue weighted by Crippen LogP contribution is 2.21. The Hall–Kier alpha value is 0.310. The molecule has 0 atom stereocenters. The summed E-state index contributed by atoms with van der Waals surface area (Å²) in [5.41, 5.74) is 0.502. The Labute approximate surface area is 81.3 Å². The second-order valence-corrected chi connectivity index (χ2v) is 5.49. The molecular formula is C10H22OS. The van der Waals surface area contributed by atoms with Crippen LogP contribution in [0.3, 0.4) is 0 Å². The summed E-state index contributed by atoms with van der Waals surface area (Å²) < 4.78 is 4.97. The molecule has 0 aromatic carbocycles. The van der Waals surface area contributed by atoms with E-state index >= 15 is 0 Å². The minimum Gasteiger partial charge on any atom is -0.384 e. The van der Waals surface area contributed by atoms with Gasteiger partial charge in [0.05, 0.1) is 6.61 Å². The SMILES string of the molecule is COCCSCCCC(C)(C)C. The molecule has 0 fully saturated rings. The smallest absolute Gasteiger partial charge is 0.0552 e. The van der Waals surface area contributed by atoms with Gasteiger partial charge in [0, 0.05) is 12.9 Å². The zero-order valence-electron chi connectivity index (χ0n) is 8.85. The van der Waals surface area contributed by atoms with Crippen molar-refractivity contribution in [2.45, 2.75) is 33.6 Å². The van der Waals surface area contributed by atoms with Gasteiger partial charge in [-0.25, -0.2) is 0 Å². The van der Waals surface area contributed by atoms with E-state index in [1.54, 1.807) is 7.11 Å². The summed E-state index contributed by atoms with van der Waals surface area (Å²) in [4.78, 5) is 0. The third-order valence-electron chi connectivity index (χ3n) is 1.65. The van der Waals surface area contributed by atoms with Crippen LogP contribution >= 0.6 is 11.8 Å². The van der Waals surface area contributed by atoms with E-state index in [1.165, 1.54) is 18.6 Å². The monoisotopic (exact) mass is 190 g/mol. The van der Waals surface area contributed by atoms with Gasteiger partial charge in [-0.15, -0.1) is 0 Å². The van der Waals surface area contributed by atoms with Crippen molar-refractivity contribution in [3.05, 3.63) is 0 Å². The maximum Gasteiger partial charge on any atom is 0.0552 e. The van der Waals surface area contributed by atoms with Gasteiger partial charge < -0.3 is 4.74 Å². The fraction of sp³-hybridized carbons (Fsp3) is 1.00. The number of thioether (sulfide) groups is 1. The molecule has 0 rings (SSSR count). The molecule has 0 bridgehead atoms. The maximum atomic E-state index is 4.97. The molecule has 0 saturated carbocycles. The largest absolute Gasteiger partial charge is 0.384 e. The van der Waals surface area contributed by atoms with Crippen molar-refractivity contribution in [2.75, 3.05) is 25.2 Å². The van der Waals surface area contributed by atoms with Crippen LogP contribution in [0.5, 0.6) is 0 Å². The summed E-state index contributed by atoms with van der Waals surface area (Å²) in [5, 5.41) is 0. The van der Waals surface area contributed by atoms with Crippen LogP contribution in [-0.2, 0) is 4.74 Å². The zero-order chi connectivity index (χ0) is 9.45. The van der Waals surface area contributed by atoms with Crippen molar-refractivity contribution in [3.8, 4) is 0 Å². The molecule has 1 nitrogen and oxygen atoms in total. The van der Waals surface area contributed by atoms with E-state index in [0.29, 0.717) is 5.41 Å². The van der Waals surface area contributed by atoms with Crippen molar-refractivity contribution in [2.24, 2.45) is 5.41 Å². The van der Waals surface area contributed by atoms with Crippen LogP contribution in [0, 0.1) is 5.41 Å². The quantitative estimate of drug-likeness (QED) is 0.595. The first kappa shape index (κ1) is 12.3. The van der Waals surface area contributed by atoms with E-state index in [1.807, 2.05) is 11.8 Å². The zero-order valence-corrected chi connectivity index (χ0v) is 9.67. The Morgan fingerprint density at radius 2 is 1.83 bits per heavy atom. The molecule has 0 N–H and O–H groups in total. The highest BCUT2D eigenvalue weighted by atomic mass is 32.2. The minimum atomic E-state index is 0.502. The predicted octanol–water partition coefficient (Wildman–Crippen LogP) is 3.19. The van der Waals surface area contributed by atoms with Crippen LogP contribution in [0.15, 0.2) is 0 Å². The molecule has 2 heteroatoms. The number of ether oxygens (including phenoxy) is 1. The molecule has 0 saturated heterocycles. The lowest BCUT2D eigenvalue weighted by Crippen LogP contribution is -2.05. The van der Waals surface area contributed by atoms with Crippen molar-refractivity contribution >= 4 is 11.8 Å². The van der Waals surface area contributed by atoms with Gasteiger partial charge >= 0.3 is 0 Å². The molecule has 0 aromatic heterocycles. The lowest BCUT2D eigenvalue weighted by Gasteiger charge is -2.17. The Bertz CT molecular complexity index is 96.5. The number of methoxy groups -OCH3 is 1. The highest BCUT2D eigenvalue weighted by molar-refractivity contribution is 7.99. The Morgan fingerprint density at radius 1 is 1.17 bits per heavy atom. The van der Waals surface area contributed by atoms with Gasteiger partial charge in [-0.3, -0.25) is 0 Å². The molecule has 0 radical (unpaired) electrons. The Balaban J connectivity index is 3.01. The van der Waals surface area contributed by atoms with Crippen LogP contribution in [0.25, 0.3) is 0 Å². The summed E-state index contributed by atoms with van der Waals surface area (Å²) in [6.07, 6.45) is 2.66. The summed E-state index contributed by atoms with van der Waals surface area (Å²) in [6, 6.07) is 0. The lowest BCUT2D eigenvalue weighted by molar-refractivity contribution is 0.218. The first-order chi connectivity index (χ1) is 5.56. The summed E-state index contributed by atoms with van der Waals surface area (Å²) >= 11 is 1.99. The van der Waals surface area contributed by atoms with Gasteiger partial charge in [0.15, 0.2) is 0 Å². The lowest BCUT2D eigenvalue weighted by atomic mass is 9.91. The normalized spacial score (nSPS) is 12.0. The average Bonchev–Trinajstić information content (AvgIpc) is 1.94.